The molecule has 0 saturated heterocycles. The van der Waals surface area contributed by atoms with Crippen molar-refractivity contribution < 1.29 is 14.0 Å². The molecule has 0 bridgehead atoms. The summed E-state index contributed by atoms with van der Waals surface area (Å²) in [5, 5.41) is 2.67. The van der Waals surface area contributed by atoms with Crippen molar-refractivity contribution in [1.29, 1.82) is 0 Å². The molecule has 0 aliphatic carbocycles. The Morgan fingerprint density at radius 2 is 2.04 bits per heavy atom. The molecule has 2 amide bonds. The van der Waals surface area contributed by atoms with Gasteiger partial charge in [0.1, 0.15) is 0 Å². The second-order valence-corrected chi connectivity index (χ2v) is 6.53. The van der Waals surface area contributed by atoms with Gasteiger partial charge in [-0.2, -0.15) is 0 Å². The first-order valence-electron chi connectivity index (χ1n) is 7.27. The van der Waals surface area contributed by atoms with Crippen LogP contribution >= 0.6 is 11.6 Å². The average Bonchev–Trinajstić information content (AvgIpc) is 2.71. The van der Waals surface area contributed by atoms with Gasteiger partial charge in [0.05, 0.1) is 27.4 Å². The molecule has 7 heteroatoms. The molecule has 1 aliphatic rings. The van der Waals surface area contributed by atoms with Gasteiger partial charge in [-0.3, -0.25) is 14.6 Å². The number of benzene rings is 1. The van der Waals surface area contributed by atoms with E-state index in [1.54, 1.807) is 19.9 Å². The summed E-state index contributed by atoms with van der Waals surface area (Å²) in [6, 6.07) is 4.56. The Morgan fingerprint density at radius 1 is 1.33 bits per heavy atom. The Labute approximate surface area is 143 Å². The van der Waals surface area contributed by atoms with Crippen LogP contribution in [0.2, 0.25) is 5.02 Å². The summed E-state index contributed by atoms with van der Waals surface area (Å²) < 4.78 is 14.9. The van der Waals surface area contributed by atoms with Gasteiger partial charge in [0, 0.05) is 19.4 Å². The van der Waals surface area contributed by atoms with Crippen molar-refractivity contribution in [2.75, 3.05) is 17.3 Å². The number of halogens is 2. The van der Waals surface area contributed by atoms with Gasteiger partial charge in [-0.1, -0.05) is 17.7 Å². The third kappa shape index (κ3) is 2.34. The number of aromatic nitrogens is 1. The van der Waals surface area contributed by atoms with E-state index in [1.165, 1.54) is 36.5 Å². The molecule has 2 aromatic rings. The van der Waals surface area contributed by atoms with Crippen molar-refractivity contribution in [1.82, 2.24) is 4.98 Å². The fraction of sp³-hybridized carbons (Fsp3) is 0.235. The molecule has 0 saturated carbocycles. The summed E-state index contributed by atoms with van der Waals surface area (Å²) in [6.07, 6.45) is 2.76. The fourth-order valence-electron chi connectivity index (χ4n) is 2.88. The smallest absolute Gasteiger partial charge is 0.257 e. The lowest BCUT2D eigenvalue weighted by Crippen LogP contribution is -2.33. The van der Waals surface area contributed by atoms with E-state index < -0.39 is 17.1 Å². The second kappa shape index (κ2) is 5.56. The molecule has 24 heavy (non-hydrogen) atoms. The highest BCUT2D eigenvalue weighted by Crippen LogP contribution is 2.44. The van der Waals surface area contributed by atoms with Crippen LogP contribution in [-0.4, -0.2) is 23.8 Å². The zero-order chi connectivity index (χ0) is 17.6. The molecular formula is C17H15ClFN3O2. The first-order chi connectivity index (χ1) is 11.2. The van der Waals surface area contributed by atoms with Gasteiger partial charge in [0.2, 0.25) is 5.91 Å². The van der Waals surface area contributed by atoms with Crippen molar-refractivity contribution in [3.63, 3.8) is 0 Å². The molecule has 124 valence electrons. The second-order valence-electron chi connectivity index (χ2n) is 6.12. The van der Waals surface area contributed by atoms with Crippen molar-refractivity contribution in [3.05, 3.63) is 52.6 Å². The molecule has 0 spiro atoms. The number of carbonyl (C=O) groups excluding carboxylic acids is 2. The molecule has 0 radical (unpaired) electrons. The van der Waals surface area contributed by atoms with Crippen LogP contribution in [0, 0.1) is 5.82 Å². The fourth-order valence-corrected chi connectivity index (χ4v) is 3.08. The first kappa shape index (κ1) is 16.4. The Morgan fingerprint density at radius 3 is 2.71 bits per heavy atom. The van der Waals surface area contributed by atoms with Gasteiger partial charge in [0.25, 0.3) is 5.91 Å². The SMILES string of the molecule is CN1C(=O)C(C)(C)c2ccc(NC(=O)c3ccncc3Cl)c(F)c21. The maximum Gasteiger partial charge on any atom is 0.257 e. The Hall–Kier alpha value is -2.47. The van der Waals surface area contributed by atoms with Crippen LogP contribution in [0.1, 0.15) is 29.8 Å². The lowest BCUT2D eigenvalue weighted by atomic mass is 9.86. The summed E-state index contributed by atoms with van der Waals surface area (Å²) in [4.78, 5) is 29.7. The zero-order valence-electron chi connectivity index (χ0n) is 13.4. The van der Waals surface area contributed by atoms with E-state index >= 15 is 0 Å². The standard InChI is InChI=1S/C17H15ClFN3O2/c1-17(2)10-4-5-12(13(19)14(10)22(3)16(17)24)21-15(23)9-6-7-20-8-11(9)18/h4-8H,1-3H3,(H,21,23). The van der Waals surface area contributed by atoms with Gasteiger partial charge in [-0.05, 0) is 31.5 Å². The third-order valence-corrected chi connectivity index (χ3v) is 4.53. The van der Waals surface area contributed by atoms with Gasteiger partial charge in [-0.15, -0.1) is 0 Å². The number of nitrogens with one attached hydrogen (secondary N) is 1. The lowest BCUT2D eigenvalue weighted by Gasteiger charge is -2.16. The van der Waals surface area contributed by atoms with Crippen LogP contribution < -0.4 is 10.2 Å². The van der Waals surface area contributed by atoms with E-state index in [4.69, 9.17) is 11.6 Å². The molecule has 0 atom stereocenters. The minimum absolute atomic E-state index is 0.0102. The van der Waals surface area contributed by atoms with E-state index in [2.05, 4.69) is 10.3 Å². The number of likely N-dealkylation sites (N-methyl/N-ethyl adjacent to an activating group) is 1. The Kier molecular flexibility index (Phi) is 3.80. The predicted octanol–water partition coefficient (Wildman–Crippen LogP) is 3.38. The number of pyridine rings is 1. The number of hydrogen-bond donors (Lipinski definition) is 1. The number of carbonyl (C=O) groups is 2. The van der Waals surface area contributed by atoms with Gasteiger partial charge in [0.15, 0.2) is 5.82 Å². The van der Waals surface area contributed by atoms with Crippen molar-refractivity contribution in [2.45, 2.75) is 19.3 Å². The van der Waals surface area contributed by atoms with Crippen LogP contribution in [0.15, 0.2) is 30.6 Å². The summed E-state index contributed by atoms with van der Waals surface area (Å²) in [5.41, 5.74) is 0.151. The largest absolute Gasteiger partial charge is 0.319 e. The lowest BCUT2D eigenvalue weighted by molar-refractivity contribution is -0.121. The van der Waals surface area contributed by atoms with E-state index in [0.29, 0.717) is 5.56 Å². The van der Waals surface area contributed by atoms with Gasteiger partial charge in [-0.25, -0.2) is 4.39 Å². The maximum absolute atomic E-state index is 14.9. The number of nitrogens with zero attached hydrogens (tertiary/aromatic N) is 2. The average molecular weight is 348 g/mol. The maximum atomic E-state index is 14.9. The number of fused-ring (bicyclic) bond motifs is 1. The zero-order valence-corrected chi connectivity index (χ0v) is 14.1. The van der Waals surface area contributed by atoms with Gasteiger partial charge >= 0.3 is 0 Å². The number of hydrogen-bond acceptors (Lipinski definition) is 3. The molecule has 2 heterocycles. The van der Waals surface area contributed by atoms with Crippen LogP contribution in [0.5, 0.6) is 0 Å². The normalized spacial score (nSPS) is 15.4. The third-order valence-electron chi connectivity index (χ3n) is 4.23. The molecule has 1 N–H and O–H groups in total. The highest BCUT2D eigenvalue weighted by Gasteiger charge is 2.44. The van der Waals surface area contributed by atoms with E-state index in [0.717, 1.165) is 0 Å². The summed E-state index contributed by atoms with van der Waals surface area (Å²) in [6.45, 7) is 3.48. The van der Waals surface area contributed by atoms with Crippen LogP contribution in [0.4, 0.5) is 15.8 Å². The highest BCUT2D eigenvalue weighted by molar-refractivity contribution is 6.34. The molecule has 1 aromatic heterocycles. The molecule has 0 unspecified atom stereocenters. The quantitative estimate of drug-likeness (QED) is 0.905. The Balaban J connectivity index is 2.00. The highest BCUT2D eigenvalue weighted by atomic mass is 35.5. The van der Waals surface area contributed by atoms with Gasteiger partial charge < -0.3 is 10.2 Å². The summed E-state index contributed by atoms with van der Waals surface area (Å²) in [7, 11) is 1.52. The van der Waals surface area contributed by atoms with E-state index in [-0.39, 0.29) is 27.9 Å². The van der Waals surface area contributed by atoms with E-state index in [1.807, 2.05) is 0 Å². The van der Waals surface area contributed by atoms with Crippen molar-refractivity contribution in [3.8, 4) is 0 Å². The van der Waals surface area contributed by atoms with Crippen LogP contribution in [0.3, 0.4) is 0 Å². The van der Waals surface area contributed by atoms with E-state index in [9.17, 15) is 14.0 Å². The number of amides is 2. The predicted molar refractivity (Wildman–Crippen MR) is 90.0 cm³/mol. The molecular weight excluding hydrogens is 333 g/mol. The first-order valence-corrected chi connectivity index (χ1v) is 7.65. The van der Waals surface area contributed by atoms with Crippen molar-refractivity contribution in [2.24, 2.45) is 0 Å². The minimum atomic E-state index is -0.804. The monoisotopic (exact) mass is 347 g/mol. The molecule has 0 fully saturated rings. The minimum Gasteiger partial charge on any atom is -0.319 e. The Bertz CT molecular complexity index is 867. The summed E-state index contributed by atoms with van der Waals surface area (Å²) >= 11 is 5.93. The molecule has 3 rings (SSSR count). The molecule has 5 nitrogen and oxygen atoms in total. The number of rotatable bonds is 2. The topological polar surface area (TPSA) is 62.3 Å². The van der Waals surface area contributed by atoms with Crippen molar-refractivity contribution >= 4 is 34.8 Å². The van der Waals surface area contributed by atoms with Crippen LogP contribution in [0.25, 0.3) is 0 Å². The molecule has 1 aliphatic heterocycles. The van der Waals surface area contributed by atoms with Crippen LogP contribution in [-0.2, 0) is 10.2 Å². The molecule has 1 aromatic carbocycles. The number of anilines is 2. The summed E-state index contributed by atoms with van der Waals surface area (Å²) in [5.74, 6) is -1.39.